The lowest BCUT2D eigenvalue weighted by Crippen LogP contribution is -2.30. The summed E-state index contributed by atoms with van der Waals surface area (Å²) in [6, 6.07) is 0. The van der Waals surface area contributed by atoms with E-state index in [9.17, 15) is 33.8 Å². The third kappa shape index (κ3) is 39.0. The molecule has 0 aliphatic carbocycles. The molecule has 2 unspecified atom stereocenters. The van der Waals surface area contributed by atoms with Crippen molar-refractivity contribution in [2.75, 3.05) is 26.4 Å². The second-order valence-corrected chi connectivity index (χ2v) is 16.7. The molecule has 0 aromatic carbocycles. The number of phosphoric acid groups is 2. The number of unbranched alkanes of at least 4 members (excludes halogenated alkanes) is 8. The van der Waals surface area contributed by atoms with Gasteiger partial charge in [0.25, 0.3) is 0 Å². The Morgan fingerprint density at radius 2 is 1.16 bits per heavy atom. The van der Waals surface area contributed by atoms with Crippen LogP contribution < -0.4 is 0 Å². The predicted octanol–water partition coefficient (Wildman–Crippen LogP) is 8.88. The molecule has 5 atom stereocenters. The van der Waals surface area contributed by atoms with E-state index in [2.05, 4.69) is 47.2 Å². The van der Waals surface area contributed by atoms with Gasteiger partial charge in [-0.25, -0.2) is 9.13 Å². The molecule has 0 aromatic rings. The van der Waals surface area contributed by atoms with Crippen molar-refractivity contribution >= 4 is 27.6 Å². The summed E-state index contributed by atoms with van der Waals surface area (Å²) in [6.07, 6.45) is 31.9. The first kappa shape index (κ1) is 54.8. The average Bonchev–Trinajstić information content (AvgIpc) is 3.17. The summed E-state index contributed by atoms with van der Waals surface area (Å²) >= 11 is 0. The number of carbonyl (C=O) groups excluding carboxylic acids is 2. The molecule has 0 aliphatic rings. The third-order valence-electron chi connectivity index (χ3n) is 8.61. The van der Waals surface area contributed by atoms with Crippen LogP contribution in [0, 0.1) is 5.92 Å². The summed E-state index contributed by atoms with van der Waals surface area (Å²) in [7, 11) is -9.70. The SMILES string of the molecule is CCC(C)CCCCCCCCCCC(=O)O[C@H](COC(=O)CCC/C=C\C/C=C\C/C=C\C/C=C\C=C\[C@@H](O)CC)COP(=O)(O)OC[C@@H](O)COP(=O)(O)O. The Kier molecular flexibility index (Phi) is 34.3. The van der Waals surface area contributed by atoms with E-state index in [-0.39, 0.29) is 12.8 Å². The minimum atomic E-state index is -4.87. The van der Waals surface area contributed by atoms with E-state index in [1.165, 1.54) is 32.1 Å². The molecule has 5 N–H and O–H groups in total. The summed E-state index contributed by atoms with van der Waals surface area (Å²) in [5, 5.41) is 19.2. The van der Waals surface area contributed by atoms with E-state index in [0.717, 1.165) is 50.9 Å². The summed E-state index contributed by atoms with van der Waals surface area (Å²) in [4.78, 5) is 52.5. The number of phosphoric ester groups is 2. The fourth-order valence-electron chi connectivity index (χ4n) is 4.96. The van der Waals surface area contributed by atoms with Crippen LogP contribution in [0.4, 0.5) is 0 Å². The molecule has 0 amide bonds. The van der Waals surface area contributed by atoms with Gasteiger partial charge in [-0.05, 0) is 50.9 Å². The van der Waals surface area contributed by atoms with Gasteiger partial charge in [-0.3, -0.25) is 23.2 Å². The molecule has 0 radical (unpaired) electrons. The number of ether oxygens (including phenoxy) is 2. The van der Waals surface area contributed by atoms with Crippen LogP contribution in [-0.2, 0) is 41.8 Å². The molecule has 0 aromatic heterocycles. The molecule has 16 heteroatoms. The molecule has 0 fully saturated rings. The normalized spacial score (nSPS) is 15.9. The fourth-order valence-corrected chi connectivity index (χ4v) is 6.11. The first-order valence-electron chi connectivity index (χ1n) is 20.5. The molecule has 14 nitrogen and oxygen atoms in total. The number of aliphatic hydroxyl groups is 2. The van der Waals surface area contributed by atoms with E-state index in [0.29, 0.717) is 25.7 Å². The van der Waals surface area contributed by atoms with E-state index < -0.39 is 72.3 Å². The second kappa shape index (κ2) is 35.7. The summed E-state index contributed by atoms with van der Waals surface area (Å²) in [6.45, 7) is 3.62. The van der Waals surface area contributed by atoms with Crippen molar-refractivity contribution < 1.29 is 66.7 Å². The van der Waals surface area contributed by atoms with Gasteiger partial charge in [0.1, 0.15) is 12.7 Å². The van der Waals surface area contributed by atoms with E-state index in [4.69, 9.17) is 23.8 Å². The Labute approximate surface area is 341 Å². The van der Waals surface area contributed by atoms with E-state index in [1.807, 2.05) is 37.3 Å². The van der Waals surface area contributed by atoms with Crippen LogP contribution in [0.5, 0.6) is 0 Å². The average molecular weight is 851 g/mol. The van der Waals surface area contributed by atoms with Gasteiger partial charge in [0.2, 0.25) is 0 Å². The lowest BCUT2D eigenvalue weighted by atomic mass is 9.99. The van der Waals surface area contributed by atoms with Gasteiger partial charge in [0.05, 0.1) is 25.9 Å². The predicted molar refractivity (Wildman–Crippen MR) is 222 cm³/mol. The Balaban J connectivity index is 4.67. The van der Waals surface area contributed by atoms with Crippen molar-refractivity contribution in [2.45, 2.75) is 155 Å². The molecule has 0 rings (SSSR count). The number of esters is 2. The lowest BCUT2D eigenvalue weighted by Gasteiger charge is -2.20. The molecule has 0 aliphatic heterocycles. The van der Waals surface area contributed by atoms with Crippen LogP contribution in [-0.4, -0.2) is 81.6 Å². The van der Waals surface area contributed by atoms with Gasteiger partial charge < -0.3 is 34.4 Å². The van der Waals surface area contributed by atoms with Crippen molar-refractivity contribution in [3.8, 4) is 0 Å². The molecule has 0 spiro atoms. The fraction of sp³-hybridized carbons (Fsp3) is 0.707. The zero-order chi connectivity index (χ0) is 42.6. The van der Waals surface area contributed by atoms with Crippen LogP contribution in [0.15, 0.2) is 60.8 Å². The van der Waals surface area contributed by atoms with Crippen LogP contribution in [0.25, 0.3) is 0 Å². The monoisotopic (exact) mass is 850 g/mol. The number of carbonyl (C=O) groups is 2. The van der Waals surface area contributed by atoms with Crippen LogP contribution in [0.3, 0.4) is 0 Å². The molecule has 0 saturated heterocycles. The zero-order valence-electron chi connectivity index (χ0n) is 34.4. The maximum Gasteiger partial charge on any atom is 0.472 e. The maximum atomic E-state index is 12.6. The standard InChI is InChI=1S/C41H72O14P2/c1-4-36(3)28-24-20-16-14-15-19-23-27-31-41(45)55-39(35-54-57(49,50)53-33-38(43)32-52-56(46,47)48)34-51-40(44)30-26-22-18-13-11-9-7-6-8-10-12-17-21-25-29-37(42)5-2/h7-10,13,17-18,21,25,29,36-39,42-43H,4-6,11-12,14-16,19-20,22-24,26-28,30-35H2,1-3H3,(H,49,50)(H2,46,47,48)/b9-7-,10-8-,18-13-,21-17-,29-25+/t36?,37-,38-,39+/m0/s1. The van der Waals surface area contributed by atoms with Gasteiger partial charge in [-0.15, -0.1) is 0 Å². The number of hydrogen-bond donors (Lipinski definition) is 5. The van der Waals surface area contributed by atoms with Gasteiger partial charge >= 0.3 is 27.6 Å². The van der Waals surface area contributed by atoms with Crippen molar-refractivity contribution in [1.82, 2.24) is 0 Å². The van der Waals surface area contributed by atoms with E-state index >= 15 is 0 Å². The lowest BCUT2D eigenvalue weighted by molar-refractivity contribution is -0.161. The third-order valence-corrected chi connectivity index (χ3v) is 10.0. The quantitative estimate of drug-likeness (QED) is 0.0130. The minimum absolute atomic E-state index is 0.101. The molecule has 330 valence electrons. The Bertz CT molecular complexity index is 1280. The molecule has 0 saturated carbocycles. The molecular formula is C41H72O14P2. The Morgan fingerprint density at radius 3 is 1.77 bits per heavy atom. The highest BCUT2D eigenvalue weighted by atomic mass is 31.2. The van der Waals surface area contributed by atoms with E-state index in [1.54, 1.807) is 6.08 Å². The minimum Gasteiger partial charge on any atom is -0.462 e. The smallest absolute Gasteiger partial charge is 0.462 e. The largest absolute Gasteiger partial charge is 0.472 e. The van der Waals surface area contributed by atoms with Crippen LogP contribution >= 0.6 is 15.6 Å². The summed E-state index contributed by atoms with van der Waals surface area (Å²) in [5.74, 6) is -0.346. The maximum absolute atomic E-state index is 12.6. The van der Waals surface area contributed by atoms with Crippen LogP contribution in [0.1, 0.15) is 136 Å². The van der Waals surface area contributed by atoms with Gasteiger partial charge in [-0.1, -0.05) is 139 Å². The highest BCUT2D eigenvalue weighted by Gasteiger charge is 2.28. The van der Waals surface area contributed by atoms with Crippen molar-refractivity contribution in [1.29, 1.82) is 0 Å². The van der Waals surface area contributed by atoms with Crippen LogP contribution in [0.2, 0.25) is 0 Å². The van der Waals surface area contributed by atoms with Gasteiger partial charge in [0.15, 0.2) is 6.10 Å². The summed E-state index contributed by atoms with van der Waals surface area (Å²) < 4.78 is 47.6. The van der Waals surface area contributed by atoms with Crippen molar-refractivity contribution in [3.05, 3.63) is 60.8 Å². The van der Waals surface area contributed by atoms with Crippen molar-refractivity contribution in [3.63, 3.8) is 0 Å². The number of allylic oxidation sites excluding steroid dienone is 9. The summed E-state index contributed by atoms with van der Waals surface area (Å²) in [5.41, 5.74) is 0. The number of aliphatic hydroxyl groups excluding tert-OH is 2. The Hall–Kier alpha value is -2.22. The van der Waals surface area contributed by atoms with Crippen molar-refractivity contribution in [2.24, 2.45) is 5.92 Å². The topological polar surface area (TPSA) is 216 Å². The molecule has 0 heterocycles. The first-order chi connectivity index (χ1) is 27.2. The highest BCUT2D eigenvalue weighted by molar-refractivity contribution is 7.47. The first-order valence-corrected chi connectivity index (χ1v) is 23.5. The molecular weight excluding hydrogens is 778 g/mol. The number of hydrogen-bond acceptors (Lipinski definition) is 11. The van der Waals surface area contributed by atoms with Gasteiger partial charge in [-0.2, -0.15) is 0 Å². The Morgan fingerprint density at radius 1 is 0.614 bits per heavy atom. The number of rotatable bonds is 37. The van der Waals surface area contributed by atoms with Gasteiger partial charge in [0, 0.05) is 12.8 Å². The highest BCUT2D eigenvalue weighted by Crippen LogP contribution is 2.43. The molecule has 0 bridgehead atoms. The molecule has 57 heavy (non-hydrogen) atoms. The zero-order valence-corrected chi connectivity index (χ0v) is 36.2. The second-order valence-electron chi connectivity index (χ2n) is 14.0.